The highest BCUT2D eigenvalue weighted by molar-refractivity contribution is 6.32. The van der Waals surface area contributed by atoms with Crippen LogP contribution in [0.15, 0.2) is 53.7 Å². The van der Waals surface area contributed by atoms with Crippen molar-refractivity contribution in [3.63, 3.8) is 0 Å². The molecule has 2 N–H and O–H groups in total. The highest BCUT2D eigenvalue weighted by atomic mass is 35.5. The topological polar surface area (TPSA) is 75.6 Å². The maximum Gasteiger partial charge on any atom is 0.285 e. The number of nitrogens with one attached hydrogen (secondary N) is 2. The van der Waals surface area contributed by atoms with Gasteiger partial charge >= 0.3 is 0 Å². The molecule has 0 amide bonds. The van der Waals surface area contributed by atoms with Gasteiger partial charge in [0.05, 0.1) is 11.9 Å². The van der Waals surface area contributed by atoms with Crippen LogP contribution in [0.5, 0.6) is 0 Å². The Morgan fingerprint density at radius 3 is 2.77 bits per heavy atom. The standard InChI is InChI=1S/C15H14ClN5O/c1-21-8-7-17-14(21)13(10-5-3-2-4-6-10)19-11-9-18-20-15(22)12(11)16/h2-9,13H,1H3,(H2,19,20,22). The Labute approximate surface area is 131 Å². The molecule has 1 atom stereocenters. The molecule has 1 unspecified atom stereocenters. The number of anilines is 1. The molecule has 0 fully saturated rings. The van der Waals surface area contributed by atoms with Crippen molar-refractivity contribution >= 4 is 17.3 Å². The van der Waals surface area contributed by atoms with Crippen molar-refractivity contribution in [3.05, 3.63) is 75.7 Å². The Hall–Kier alpha value is -2.60. The van der Waals surface area contributed by atoms with E-state index in [0.29, 0.717) is 5.69 Å². The number of H-pyrrole nitrogens is 1. The van der Waals surface area contributed by atoms with Gasteiger partial charge in [0, 0.05) is 19.4 Å². The summed E-state index contributed by atoms with van der Waals surface area (Å²) in [5.41, 5.74) is 1.04. The summed E-state index contributed by atoms with van der Waals surface area (Å²) in [5, 5.41) is 9.41. The first kappa shape index (κ1) is 14.3. The van der Waals surface area contributed by atoms with Crippen LogP contribution in [0.4, 0.5) is 5.69 Å². The van der Waals surface area contributed by atoms with Crippen LogP contribution in [0.3, 0.4) is 0 Å². The second-order valence-electron chi connectivity index (χ2n) is 4.81. The molecule has 3 rings (SSSR count). The summed E-state index contributed by atoms with van der Waals surface area (Å²) < 4.78 is 1.92. The molecule has 0 saturated heterocycles. The molecule has 2 heterocycles. The average Bonchev–Trinajstić information content (AvgIpc) is 2.95. The smallest absolute Gasteiger partial charge is 0.285 e. The van der Waals surface area contributed by atoms with Crippen LogP contribution >= 0.6 is 11.6 Å². The molecule has 3 aromatic rings. The second kappa shape index (κ2) is 6.03. The fourth-order valence-corrected chi connectivity index (χ4v) is 2.38. The van der Waals surface area contributed by atoms with Gasteiger partial charge in [-0.2, -0.15) is 5.10 Å². The lowest BCUT2D eigenvalue weighted by Gasteiger charge is -2.20. The number of hydrogen-bond donors (Lipinski definition) is 2. The van der Waals surface area contributed by atoms with E-state index in [0.717, 1.165) is 11.4 Å². The van der Waals surface area contributed by atoms with Crippen molar-refractivity contribution in [2.45, 2.75) is 6.04 Å². The lowest BCUT2D eigenvalue weighted by Crippen LogP contribution is -2.19. The van der Waals surface area contributed by atoms with Crippen LogP contribution in [0.1, 0.15) is 17.4 Å². The number of aromatic nitrogens is 4. The van der Waals surface area contributed by atoms with E-state index in [-0.39, 0.29) is 11.1 Å². The quantitative estimate of drug-likeness (QED) is 0.775. The molecule has 112 valence electrons. The number of hydrogen-bond acceptors (Lipinski definition) is 4. The van der Waals surface area contributed by atoms with Gasteiger partial charge in [-0.1, -0.05) is 41.9 Å². The van der Waals surface area contributed by atoms with Crippen molar-refractivity contribution < 1.29 is 0 Å². The molecule has 0 bridgehead atoms. The fraction of sp³-hybridized carbons (Fsp3) is 0.133. The van der Waals surface area contributed by atoms with Crippen LogP contribution in [0.25, 0.3) is 0 Å². The molecule has 2 aromatic heterocycles. The van der Waals surface area contributed by atoms with Crippen molar-refractivity contribution in [1.29, 1.82) is 0 Å². The Bertz CT molecular complexity index is 827. The van der Waals surface area contributed by atoms with E-state index in [1.54, 1.807) is 6.20 Å². The molecule has 0 aliphatic carbocycles. The third-order valence-electron chi connectivity index (χ3n) is 3.34. The predicted octanol–water partition coefficient (Wildman–Crippen LogP) is 2.36. The zero-order valence-corrected chi connectivity index (χ0v) is 12.6. The van der Waals surface area contributed by atoms with E-state index in [2.05, 4.69) is 20.5 Å². The zero-order valence-electron chi connectivity index (χ0n) is 11.8. The minimum atomic E-state index is -0.432. The second-order valence-corrected chi connectivity index (χ2v) is 5.19. The summed E-state index contributed by atoms with van der Waals surface area (Å²) in [4.78, 5) is 16.0. The van der Waals surface area contributed by atoms with Crippen LogP contribution in [0, 0.1) is 0 Å². The highest BCUT2D eigenvalue weighted by Gasteiger charge is 2.19. The third kappa shape index (κ3) is 2.73. The molecule has 0 aliphatic rings. The lowest BCUT2D eigenvalue weighted by atomic mass is 10.1. The van der Waals surface area contributed by atoms with Crippen LogP contribution < -0.4 is 10.9 Å². The van der Waals surface area contributed by atoms with Crippen molar-refractivity contribution in [2.24, 2.45) is 7.05 Å². The first-order chi connectivity index (χ1) is 10.7. The van der Waals surface area contributed by atoms with Crippen molar-refractivity contribution in [3.8, 4) is 0 Å². The number of nitrogens with zero attached hydrogens (tertiary/aromatic N) is 3. The van der Waals surface area contributed by atoms with Gasteiger partial charge in [-0.25, -0.2) is 10.1 Å². The summed E-state index contributed by atoms with van der Waals surface area (Å²) >= 11 is 6.05. The van der Waals surface area contributed by atoms with E-state index >= 15 is 0 Å². The summed E-state index contributed by atoms with van der Waals surface area (Å²) in [6, 6.07) is 9.57. The highest BCUT2D eigenvalue weighted by Crippen LogP contribution is 2.27. The molecular formula is C15H14ClN5O. The number of aromatic amines is 1. The van der Waals surface area contributed by atoms with Crippen molar-refractivity contribution in [2.75, 3.05) is 5.32 Å². The SMILES string of the molecule is Cn1ccnc1C(Nc1cn[nH]c(=O)c1Cl)c1ccccc1. The Balaban J connectivity index is 2.05. The molecule has 0 saturated carbocycles. The Morgan fingerprint density at radius 1 is 1.32 bits per heavy atom. The number of benzene rings is 1. The first-order valence-electron chi connectivity index (χ1n) is 6.68. The minimum absolute atomic E-state index is 0.0742. The molecule has 0 aliphatic heterocycles. The largest absolute Gasteiger partial charge is 0.369 e. The fourth-order valence-electron chi connectivity index (χ4n) is 2.24. The summed E-state index contributed by atoms with van der Waals surface area (Å²) in [7, 11) is 1.91. The maximum absolute atomic E-state index is 11.6. The zero-order chi connectivity index (χ0) is 15.5. The maximum atomic E-state index is 11.6. The molecule has 7 heteroatoms. The molecule has 1 aromatic carbocycles. The van der Waals surface area contributed by atoms with Gasteiger partial charge in [0.15, 0.2) is 0 Å². The Kier molecular flexibility index (Phi) is 3.93. The van der Waals surface area contributed by atoms with Crippen molar-refractivity contribution in [1.82, 2.24) is 19.7 Å². The molecular weight excluding hydrogens is 302 g/mol. The normalized spacial score (nSPS) is 12.1. The summed E-state index contributed by atoms with van der Waals surface area (Å²) in [6.45, 7) is 0. The Morgan fingerprint density at radius 2 is 2.09 bits per heavy atom. The van der Waals surface area contributed by atoms with E-state index in [4.69, 9.17) is 11.6 Å². The predicted molar refractivity (Wildman–Crippen MR) is 85.0 cm³/mol. The monoisotopic (exact) mass is 315 g/mol. The molecule has 0 radical (unpaired) electrons. The van der Waals surface area contributed by atoms with Gasteiger partial charge in [-0.15, -0.1) is 0 Å². The number of imidazole rings is 1. The van der Waals surface area contributed by atoms with Gasteiger partial charge < -0.3 is 9.88 Å². The van der Waals surface area contributed by atoms with Crippen LogP contribution in [-0.4, -0.2) is 19.7 Å². The summed E-state index contributed by atoms with van der Waals surface area (Å²) in [5.74, 6) is 0.808. The number of aryl methyl sites for hydroxylation is 1. The van der Waals surface area contributed by atoms with Gasteiger partial charge in [-0.3, -0.25) is 4.79 Å². The summed E-state index contributed by atoms with van der Waals surface area (Å²) in [6.07, 6.45) is 5.08. The van der Waals surface area contributed by atoms with Gasteiger partial charge in [-0.05, 0) is 5.56 Å². The third-order valence-corrected chi connectivity index (χ3v) is 3.72. The van der Waals surface area contributed by atoms with Crippen LogP contribution in [-0.2, 0) is 7.05 Å². The number of halogens is 1. The van der Waals surface area contributed by atoms with Gasteiger partial charge in [0.1, 0.15) is 16.9 Å². The average molecular weight is 316 g/mol. The lowest BCUT2D eigenvalue weighted by molar-refractivity contribution is 0.747. The number of rotatable bonds is 4. The van der Waals surface area contributed by atoms with E-state index in [9.17, 15) is 4.79 Å². The van der Waals surface area contributed by atoms with E-state index in [1.807, 2.05) is 48.1 Å². The molecule has 6 nitrogen and oxygen atoms in total. The van der Waals surface area contributed by atoms with Gasteiger partial charge in [0.2, 0.25) is 0 Å². The minimum Gasteiger partial charge on any atom is -0.369 e. The molecule has 22 heavy (non-hydrogen) atoms. The van der Waals surface area contributed by atoms with Crippen LogP contribution in [0.2, 0.25) is 5.02 Å². The molecule has 0 spiro atoms. The van der Waals surface area contributed by atoms with E-state index in [1.165, 1.54) is 6.20 Å². The van der Waals surface area contributed by atoms with E-state index < -0.39 is 5.56 Å². The van der Waals surface area contributed by atoms with Gasteiger partial charge in [0.25, 0.3) is 5.56 Å². The first-order valence-corrected chi connectivity index (χ1v) is 7.06.